The highest BCUT2D eigenvalue weighted by molar-refractivity contribution is 7.99. The lowest BCUT2D eigenvalue weighted by Gasteiger charge is -2.26. The number of para-hydroxylation sites is 1. The van der Waals surface area contributed by atoms with Crippen LogP contribution in [0.3, 0.4) is 0 Å². The summed E-state index contributed by atoms with van der Waals surface area (Å²) in [6.45, 7) is 0.662. The summed E-state index contributed by atoms with van der Waals surface area (Å²) in [7, 11) is 3.22. The van der Waals surface area contributed by atoms with E-state index >= 15 is 0 Å². The van der Waals surface area contributed by atoms with Crippen molar-refractivity contribution in [1.29, 1.82) is 0 Å². The molecule has 0 aromatic heterocycles. The Kier molecular flexibility index (Phi) is 5.60. The summed E-state index contributed by atoms with van der Waals surface area (Å²) in [5, 5.41) is 3.43. The van der Waals surface area contributed by atoms with Crippen molar-refractivity contribution >= 4 is 35.1 Å². The largest absolute Gasteiger partial charge is 0.493 e. The van der Waals surface area contributed by atoms with Crippen LogP contribution in [0.5, 0.6) is 11.5 Å². The van der Waals surface area contributed by atoms with Crippen molar-refractivity contribution in [2.24, 2.45) is 0 Å². The summed E-state index contributed by atoms with van der Waals surface area (Å²) >= 11 is 7.59. The Hall–Kier alpha value is -2.05. The second-order valence-electron chi connectivity index (χ2n) is 5.44. The molecule has 0 bridgehead atoms. The molecule has 3 rings (SSSR count). The number of halogens is 1. The number of carbonyl (C=O) groups excluding carboxylic acids is 1. The van der Waals surface area contributed by atoms with Crippen LogP contribution in [0, 0.1) is 0 Å². The molecule has 0 aliphatic carbocycles. The predicted molar refractivity (Wildman–Crippen MR) is 102 cm³/mol. The van der Waals surface area contributed by atoms with E-state index in [0.717, 1.165) is 11.3 Å². The number of thioether (sulfide) groups is 1. The van der Waals surface area contributed by atoms with Gasteiger partial charge in [0.2, 0.25) is 0 Å². The first-order chi connectivity index (χ1) is 12.1. The molecule has 1 fully saturated rings. The van der Waals surface area contributed by atoms with Gasteiger partial charge in [-0.25, -0.2) is 4.79 Å². The van der Waals surface area contributed by atoms with Crippen LogP contribution in [0.1, 0.15) is 10.9 Å². The average molecular weight is 379 g/mol. The fourth-order valence-corrected chi connectivity index (χ4v) is 4.17. The number of anilines is 1. The smallest absolute Gasteiger partial charge is 0.323 e. The van der Waals surface area contributed by atoms with Gasteiger partial charge in [0.05, 0.1) is 14.2 Å². The minimum Gasteiger partial charge on any atom is -0.493 e. The van der Waals surface area contributed by atoms with E-state index in [0.29, 0.717) is 28.8 Å². The van der Waals surface area contributed by atoms with Crippen LogP contribution in [0.2, 0.25) is 5.02 Å². The van der Waals surface area contributed by atoms with Crippen LogP contribution in [0.4, 0.5) is 10.5 Å². The van der Waals surface area contributed by atoms with Crippen molar-refractivity contribution in [2.45, 2.75) is 5.37 Å². The molecular formula is C18H19ClN2O3S. The first-order valence-electron chi connectivity index (χ1n) is 7.79. The Morgan fingerprint density at radius 3 is 2.64 bits per heavy atom. The fourth-order valence-electron chi connectivity index (χ4n) is 2.77. The number of nitrogens with one attached hydrogen (secondary N) is 1. The van der Waals surface area contributed by atoms with E-state index in [1.807, 2.05) is 18.2 Å². The van der Waals surface area contributed by atoms with Crippen molar-refractivity contribution < 1.29 is 14.3 Å². The van der Waals surface area contributed by atoms with Crippen LogP contribution in [0.15, 0.2) is 42.5 Å². The van der Waals surface area contributed by atoms with Gasteiger partial charge in [0.25, 0.3) is 0 Å². The van der Waals surface area contributed by atoms with Crippen molar-refractivity contribution in [3.05, 3.63) is 53.1 Å². The van der Waals surface area contributed by atoms with Crippen molar-refractivity contribution in [1.82, 2.24) is 4.90 Å². The highest BCUT2D eigenvalue weighted by Crippen LogP contribution is 2.45. The number of methoxy groups -OCH3 is 2. The summed E-state index contributed by atoms with van der Waals surface area (Å²) in [5.41, 5.74) is 1.64. The van der Waals surface area contributed by atoms with Gasteiger partial charge in [-0.2, -0.15) is 0 Å². The summed E-state index contributed by atoms with van der Waals surface area (Å²) in [6, 6.07) is 12.6. The van der Waals surface area contributed by atoms with E-state index in [1.165, 1.54) is 0 Å². The molecule has 1 saturated heterocycles. The molecule has 25 heavy (non-hydrogen) atoms. The molecule has 2 aromatic carbocycles. The van der Waals surface area contributed by atoms with Crippen LogP contribution in [-0.2, 0) is 0 Å². The third kappa shape index (κ3) is 3.80. The third-order valence-electron chi connectivity index (χ3n) is 3.95. The topological polar surface area (TPSA) is 50.8 Å². The van der Waals surface area contributed by atoms with Gasteiger partial charge in [0.1, 0.15) is 5.37 Å². The molecule has 1 aliphatic rings. The number of benzene rings is 2. The van der Waals surface area contributed by atoms with Crippen molar-refractivity contribution in [3.8, 4) is 11.5 Å². The van der Waals surface area contributed by atoms with Crippen LogP contribution in [-0.4, -0.2) is 37.4 Å². The molecule has 1 heterocycles. The van der Waals surface area contributed by atoms with E-state index < -0.39 is 0 Å². The molecule has 5 nitrogen and oxygen atoms in total. The predicted octanol–water partition coefficient (Wildman–Crippen LogP) is 4.64. The summed E-state index contributed by atoms with van der Waals surface area (Å²) < 4.78 is 10.9. The maximum atomic E-state index is 12.7. The van der Waals surface area contributed by atoms with E-state index in [1.54, 1.807) is 55.1 Å². The summed E-state index contributed by atoms with van der Waals surface area (Å²) in [4.78, 5) is 14.5. The Morgan fingerprint density at radius 1 is 1.20 bits per heavy atom. The quantitative estimate of drug-likeness (QED) is 0.842. The molecule has 1 atom stereocenters. The Balaban J connectivity index is 1.83. The SMILES string of the molecule is COc1cccc(C2SCCN2C(=O)Nc2ccc(Cl)cc2)c1OC. The first kappa shape index (κ1) is 17.8. The molecule has 1 unspecified atom stereocenters. The second-order valence-corrected chi connectivity index (χ2v) is 7.06. The molecule has 7 heteroatoms. The van der Waals surface area contributed by atoms with Crippen LogP contribution in [0.25, 0.3) is 0 Å². The fraction of sp³-hybridized carbons (Fsp3) is 0.278. The van der Waals surface area contributed by atoms with Gasteiger partial charge in [-0.3, -0.25) is 0 Å². The highest BCUT2D eigenvalue weighted by Gasteiger charge is 2.33. The molecule has 0 spiro atoms. The molecule has 1 aliphatic heterocycles. The van der Waals surface area contributed by atoms with Crippen LogP contribution < -0.4 is 14.8 Å². The molecule has 2 amide bonds. The van der Waals surface area contributed by atoms with Gasteiger partial charge in [0, 0.05) is 28.6 Å². The monoisotopic (exact) mass is 378 g/mol. The van der Waals surface area contributed by atoms with E-state index in [2.05, 4.69) is 5.32 Å². The Bertz CT molecular complexity index is 754. The number of rotatable bonds is 4. The molecule has 2 aromatic rings. The maximum absolute atomic E-state index is 12.7. The molecule has 132 valence electrons. The second kappa shape index (κ2) is 7.89. The average Bonchev–Trinajstić information content (AvgIpc) is 3.12. The highest BCUT2D eigenvalue weighted by atomic mass is 35.5. The summed E-state index contributed by atoms with van der Waals surface area (Å²) in [6.07, 6.45) is 0. The number of ether oxygens (including phenoxy) is 2. The lowest BCUT2D eigenvalue weighted by atomic mass is 10.1. The molecule has 0 radical (unpaired) electrons. The van der Waals surface area contributed by atoms with Crippen molar-refractivity contribution in [3.63, 3.8) is 0 Å². The van der Waals surface area contributed by atoms with Crippen LogP contribution >= 0.6 is 23.4 Å². The number of urea groups is 1. The first-order valence-corrected chi connectivity index (χ1v) is 9.22. The van der Waals surface area contributed by atoms with E-state index in [9.17, 15) is 4.79 Å². The molecular weight excluding hydrogens is 360 g/mol. The number of carbonyl (C=O) groups is 1. The van der Waals surface area contributed by atoms with Gasteiger partial charge < -0.3 is 19.7 Å². The minimum absolute atomic E-state index is 0.127. The lowest BCUT2D eigenvalue weighted by molar-refractivity contribution is 0.213. The summed E-state index contributed by atoms with van der Waals surface area (Å²) in [5.74, 6) is 2.18. The molecule has 1 N–H and O–H groups in total. The van der Waals surface area contributed by atoms with Gasteiger partial charge in [-0.15, -0.1) is 11.8 Å². The molecule has 0 saturated carbocycles. The van der Waals surface area contributed by atoms with Gasteiger partial charge in [-0.1, -0.05) is 23.7 Å². The number of hydrogen-bond acceptors (Lipinski definition) is 4. The van der Waals surface area contributed by atoms with Gasteiger partial charge >= 0.3 is 6.03 Å². The number of nitrogens with zero attached hydrogens (tertiary/aromatic N) is 1. The normalized spacial score (nSPS) is 16.6. The zero-order chi connectivity index (χ0) is 17.8. The lowest BCUT2D eigenvalue weighted by Crippen LogP contribution is -2.34. The zero-order valence-electron chi connectivity index (χ0n) is 14.0. The van der Waals surface area contributed by atoms with Gasteiger partial charge in [-0.05, 0) is 30.3 Å². The number of amides is 2. The standard InChI is InChI=1S/C18H19ClN2O3S/c1-23-15-5-3-4-14(16(15)24-2)17-21(10-11-25-17)18(22)20-13-8-6-12(19)7-9-13/h3-9,17H,10-11H2,1-2H3,(H,20,22). The van der Waals surface area contributed by atoms with Gasteiger partial charge in [0.15, 0.2) is 11.5 Å². The minimum atomic E-state index is -0.151. The zero-order valence-corrected chi connectivity index (χ0v) is 15.6. The van der Waals surface area contributed by atoms with E-state index in [-0.39, 0.29) is 11.4 Å². The third-order valence-corrected chi connectivity index (χ3v) is 5.44. The Labute approximate surface area is 156 Å². The van der Waals surface area contributed by atoms with E-state index in [4.69, 9.17) is 21.1 Å². The Morgan fingerprint density at radius 2 is 1.96 bits per heavy atom. The maximum Gasteiger partial charge on any atom is 0.323 e. The van der Waals surface area contributed by atoms with Crippen molar-refractivity contribution in [2.75, 3.05) is 31.8 Å². The number of hydrogen-bond donors (Lipinski definition) is 1.